The molecule has 0 saturated heterocycles. The number of amides is 1. The molecule has 6 nitrogen and oxygen atoms in total. The molecule has 9 heteroatoms. The maximum atomic E-state index is 13.2. The van der Waals surface area contributed by atoms with Gasteiger partial charge in [0.25, 0.3) is 0 Å². The number of carbonyl (C=O) groups is 1. The van der Waals surface area contributed by atoms with Crippen LogP contribution >= 0.6 is 11.6 Å². The molecule has 0 heterocycles. The van der Waals surface area contributed by atoms with Crippen molar-refractivity contribution in [3.8, 4) is 5.75 Å². The van der Waals surface area contributed by atoms with E-state index >= 15 is 0 Å². The van der Waals surface area contributed by atoms with Crippen molar-refractivity contribution >= 4 is 33.2 Å². The van der Waals surface area contributed by atoms with Crippen molar-refractivity contribution in [2.24, 2.45) is 0 Å². The van der Waals surface area contributed by atoms with Crippen LogP contribution in [0.3, 0.4) is 0 Å². The van der Waals surface area contributed by atoms with E-state index in [1.165, 1.54) is 32.2 Å². The Kier molecular flexibility index (Phi) is 5.90. The first-order valence-electron chi connectivity index (χ1n) is 7.45. The van der Waals surface area contributed by atoms with Crippen LogP contribution in [-0.2, 0) is 20.4 Å². The minimum Gasteiger partial charge on any atom is -0.495 e. The van der Waals surface area contributed by atoms with Gasteiger partial charge in [0, 0.05) is 5.69 Å². The van der Waals surface area contributed by atoms with E-state index in [1.807, 2.05) is 0 Å². The molecule has 0 fully saturated rings. The smallest absolute Gasteiger partial charge is 0.249 e. The summed E-state index contributed by atoms with van der Waals surface area (Å²) in [7, 11) is -2.29. The van der Waals surface area contributed by atoms with Crippen LogP contribution < -0.4 is 14.8 Å². The molecule has 0 spiro atoms. The van der Waals surface area contributed by atoms with Gasteiger partial charge in [0.1, 0.15) is 17.1 Å². The van der Waals surface area contributed by atoms with E-state index in [9.17, 15) is 17.6 Å². The van der Waals surface area contributed by atoms with E-state index in [0.717, 1.165) is 18.4 Å². The summed E-state index contributed by atoms with van der Waals surface area (Å²) in [6.07, 6.45) is 0.937. The number of anilines is 1. The van der Waals surface area contributed by atoms with Crippen LogP contribution in [0.2, 0.25) is 5.02 Å². The highest BCUT2D eigenvalue weighted by atomic mass is 35.5. The van der Waals surface area contributed by atoms with Crippen molar-refractivity contribution in [2.75, 3.05) is 18.7 Å². The van der Waals surface area contributed by atoms with E-state index in [2.05, 4.69) is 10.0 Å². The number of hydrogen-bond donors (Lipinski definition) is 2. The summed E-state index contributed by atoms with van der Waals surface area (Å²) < 4.78 is 44.1. The molecule has 0 aliphatic carbocycles. The molecular formula is C17H18ClFN2O4S. The summed E-state index contributed by atoms with van der Waals surface area (Å²) in [6.45, 7) is 1.39. The second kappa shape index (κ2) is 7.61. The molecule has 0 aromatic heterocycles. The summed E-state index contributed by atoms with van der Waals surface area (Å²) >= 11 is 6.04. The predicted molar refractivity (Wildman–Crippen MR) is 98.4 cm³/mol. The zero-order valence-electron chi connectivity index (χ0n) is 14.3. The van der Waals surface area contributed by atoms with Gasteiger partial charge in [0.05, 0.1) is 18.4 Å². The summed E-state index contributed by atoms with van der Waals surface area (Å²) in [4.78, 5) is 12.9. The third-order valence-electron chi connectivity index (χ3n) is 3.67. The molecular weight excluding hydrogens is 383 g/mol. The number of nitrogens with one attached hydrogen (secondary N) is 2. The largest absolute Gasteiger partial charge is 0.495 e. The molecule has 2 N–H and O–H groups in total. The van der Waals surface area contributed by atoms with Crippen molar-refractivity contribution in [3.05, 3.63) is 58.9 Å². The number of sulfonamides is 1. The molecule has 0 aliphatic rings. The minimum atomic E-state index is -3.75. The first-order chi connectivity index (χ1) is 12.0. The van der Waals surface area contributed by atoms with Crippen LogP contribution in [0.5, 0.6) is 5.75 Å². The number of hydrogen-bond acceptors (Lipinski definition) is 4. The summed E-state index contributed by atoms with van der Waals surface area (Å²) in [5.74, 6) is -0.728. The van der Waals surface area contributed by atoms with Crippen molar-refractivity contribution in [2.45, 2.75) is 12.5 Å². The summed E-state index contributed by atoms with van der Waals surface area (Å²) in [5.41, 5.74) is -1.03. The lowest BCUT2D eigenvalue weighted by Crippen LogP contribution is -2.51. The maximum Gasteiger partial charge on any atom is 0.249 e. The van der Waals surface area contributed by atoms with Crippen LogP contribution in [-0.4, -0.2) is 27.7 Å². The lowest BCUT2D eigenvalue weighted by Gasteiger charge is -2.29. The van der Waals surface area contributed by atoms with Gasteiger partial charge in [-0.25, -0.2) is 12.8 Å². The highest BCUT2D eigenvalue weighted by Crippen LogP contribution is 2.29. The minimum absolute atomic E-state index is 0.279. The van der Waals surface area contributed by atoms with E-state index in [0.29, 0.717) is 11.4 Å². The third-order valence-corrected chi connectivity index (χ3v) is 4.75. The number of rotatable bonds is 6. The fourth-order valence-electron chi connectivity index (χ4n) is 2.39. The molecule has 2 aromatic rings. The molecule has 2 rings (SSSR count). The molecule has 26 heavy (non-hydrogen) atoms. The zero-order valence-corrected chi connectivity index (χ0v) is 15.9. The number of ether oxygens (including phenoxy) is 1. The Bertz CT molecular complexity index is 919. The number of halogens is 2. The molecule has 140 valence electrons. The van der Waals surface area contributed by atoms with Gasteiger partial charge in [-0.2, -0.15) is 4.72 Å². The van der Waals surface area contributed by atoms with E-state index in [4.69, 9.17) is 16.3 Å². The third kappa shape index (κ3) is 4.72. The average molecular weight is 401 g/mol. The first-order valence-corrected chi connectivity index (χ1v) is 9.72. The van der Waals surface area contributed by atoms with Gasteiger partial charge < -0.3 is 10.1 Å². The predicted octanol–water partition coefficient (Wildman–Crippen LogP) is 2.89. The highest BCUT2D eigenvalue weighted by Gasteiger charge is 2.38. The quantitative estimate of drug-likeness (QED) is 0.780. The lowest BCUT2D eigenvalue weighted by atomic mass is 9.92. The van der Waals surface area contributed by atoms with Gasteiger partial charge in [-0.3, -0.25) is 4.79 Å². The van der Waals surface area contributed by atoms with Gasteiger partial charge >= 0.3 is 0 Å². The van der Waals surface area contributed by atoms with E-state index < -0.39 is 27.3 Å². The van der Waals surface area contributed by atoms with Crippen LogP contribution in [0.15, 0.2) is 42.5 Å². The first kappa shape index (κ1) is 20.2. The Hall–Kier alpha value is -2.16. The Morgan fingerprint density at radius 2 is 1.81 bits per heavy atom. The monoisotopic (exact) mass is 400 g/mol. The number of benzene rings is 2. The van der Waals surface area contributed by atoms with E-state index in [1.54, 1.807) is 12.1 Å². The lowest BCUT2D eigenvalue weighted by molar-refractivity contribution is -0.121. The fraction of sp³-hybridized carbons (Fsp3) is 0.235. The molecule has 0 aliphatic heterocycles. The molecule has 2 aromatic carbocycles. The van der Waals surface area contributed by atoms with Crippen molar-refractivity contribution < 1.29 is 22.3 Å². The molecule has 0 saturated carbocycles. The van der Waals surface area contributed by atoms with Crippen molar-refractivity contribution in [1.82, 2.24) is 4.72 Å². The summed E-state index contributed by atoms with van der Waals surface area (Å²) in [6, 6.07) is 9.58. The van der Waals surface area contributed by atoms with Crippen LogP contribution in [0, 0.1) is 5.82 Å². The molecule has 0 radical (unpaired) electrons. The summed E-state index contributed by atoms with van der Waals surface area (Å²) in [5, 5.41) is 2.89. The fourth-order valence-corrected chi connectivity index (χ4v) is 3.60. The van der Waals surface area contributed by atoms with Crippen LogP contribution in [0.25, 0.3) is 0 Å². The van der Waals surface area contributed by atoms with Crippen LogP contribution in [0.1, 0.15) is 12.5 Å². The van der Waals surface area contributed by atoms with Crippen LogP contribution in [0.4, 0.5) is 10.1 Å². The normalized spacial score (nSPS) is 13.7. The van der Waals surface area contributed by atoms with Gasteiger partial charge in [0.15, 0.2) is 0 Å². The standard InChI is InChI=1S/C17H18ClFN2O4S/c1-17(21-26(3,23)24,11-4-6-12(19)7-5-11)16(22)20-13-8-9-15(25-2)14(18)10-13/h4-10,21H,1-3H3,(H,20,22)/t17-/m0/s1. The Labute approximate surface area is 156 Å². The van der Waals surface area contributed by atoms with Gasteiger partial charge in [-0.05, 0) is 42.8 Å². The molecule has 0 unspecified atom stereocenters. The van der Waals surface area contributed by atoms with Gasteiger partial charge in [-0.15, -0.1) is 0 Å². The average Bonchev–Trinajstić information content (AvgIpc) is 2.54. The Balaban J connectivity index is 2.40. The molecule has 1 amide bonds. The van der Waals surface area contributed by atoms with Crippen molar-refractivity contribution in [3.63, 3.8) is 0 Å². The number of carbonyl (C=O) groups excluding carboxylic acids is 1. The second-order valence-corrected chi connectivity index (χ2v) is 7.97. The maximum absolute atomic E-state index is 13.2. The molecule has 1 atom stereocenters. The molecule has 0 bridgehead atoms. The zero-order chi connectivity index (χ0) is 19.5. The Morgan fingerprint density at radius 3 is 2.31 bits per heavy atom. The SMILES string of the molecule is COc1ccc(NC(=O)[C@@](C)(NS(C)(=O)=O)c2ccc(F)cc2)cc1Cl. The van der Waals surface area contributed by atoms with E-state index in [-0.39, 0.29) is 10.6 Å². The highest BCUT2D eigenvalue weighted by molar-refractivity contribution is 7.88. The van der Waals surface area contributed by atoms with Crippen molar-refractivity contribution in [1.29, 1.82) is 0 Å². The number of methoxy groups -OCH3 is 1. The second-order valence-electron chi connectivity index (χ2n) is 5.81. The Morgan fingerprint density at radius 1 is 1.19 bits per heavy atom. The topological polar surface area (TPSA) is 84.5 Å². The van der Waals surface area contributed by atoms with Gasteiger partial charge in [-0.1, -0.05) is 23.7 Å². The van der Waals surface area contributed by atoms with Gasteiger partial charge in [0.2, 0.25) is 15.9 Å².